The minimum absolute atomic E-state index is 0.0521. The first-order valence-corrected chi connectivity index (χ1v) is 8.11. The van der Waals surface area contributed by atoms with Gasteiger partial charge in [-0.15, -0.1) is 5.06 Å². The van der Waals surface area contributed by atoms with Gasteiger partial charge in [0, 0.05) is 38.7 Å². The van der Waals surface area contributed by atoms with Gasteiger partial charge >= 0.3 is 11.9 Å². The number of rotatable bonds is 10. The van der Waals surface area contributed by atoms with E-state index in [9.17, 15) is 19.2 Å². The predicted octanol–water partition coefficient (Wildman–Crippen LogP) is 1.51. The molecule has 24 heavy (non-hydrogen) atoms. The normalized spacial score (nSPS) is 14.9. The van der Waals surface area contributed by atoms with Gasteiger partial charge in [-0.25, -0.2) is 4.79 Å². The lowest BCUT2D eigenvalue weighted by Crippen LogP contribution is -2.32. The van der Waals surface area contributed by atoms with Crippen LogP contribution in [-0.4, -0.2) is 47.6 Å². The summed E-state index contributed by atoms with van der Waals surface area (Å²) in [5, 5.41) is 0.496. The summed E-state index contributed by atoms with van der Waals surface area (Å²) in [5.41, 5.74) is -0.354. The number of hydrogen-bond donors (Lipinski definition) is 0. The lowest BCUT2D eigenvalue weighted by atomic mass is 10.1. The predicted molar refractivity (Wildman–Crippen MR) is 82.3 cm³/mol. The fourth-order valence-corrected chi connectivity index (χ4v) is 2.13. The highest BCUT2D eigenvalue weighted by Gasteiger charge is 2.32. The zero-order valence-corrected chi connectivity index (χ0v) is 14.5. The summed E-state index contributed by atoms with van der Waals surface area (Å²) < 4.78 is 10.6. The molecular formula is C16H25NO7. The zero-order valence-electron chi connectivity index (χ0n) is 14.5. The van der Waals surface area contributed by atoms with Crippen LogP contribution in [0.15, 0.2) is 0 Å². The lowest BCUT2D eigenvalue weighted by Gasteiger charge is -2.24. The van der Waals surface area contributed by atoms with Crippen LogP contribution in [0.25, 0.3) is 0 Å². The molecule has 1 saturated heterocycles. The molecular weight excluding hydrogens is 318 g/mol. The molecule has 1 fully saturated rings. The second-order valence-electron chi connectivity index (χ2n) is 6.06. The van der Waals surface area contributed by atoms with Crippen molar-refractivity contribution in [2.75, 3.05) is 13.2 Å². The van der Waals surface area contributed by atoms with E-state index < -0.39 is 23.8 Å². The second-order valence-corrected chi connectivity index (χ2v) is 6.06. The van der Waals surface area contributed by atoms with E-state index in [1.54, 1.807) is 0 Å². The van der Waals surface area contributed by atoms with E-state index in [1.807, 2.05) is 20.8 Å². The fourth-order valence-electron chi connectivity index (χ4n) is 2.13. The van der Waals surface area contributed by atoms with E-state index in [0.29, 0.717) is 18.1 Å². The van der Waals surface area contributed by atoms with Gasteiger partial charge in [0.25, 0.3) is 11.8 Å². The summed E-state index contributed by atoms with van der Waals surface area (Å²) >= 11 is 0. The number of esters is 1. The number of ether oxygens (including phenoxy) is 2. The number of hydroxylamine groups is 2. The van der Waals surface area contributed by atoms with Crippen LogP contribution in [0.5, 0.6) is 0 Å². The highest BCUT2D eigenvalue weighted by molar-refractivity contribution is 6.01. The maximum atomic E-state index is 11.6. The molecule has 0 aromatic heterocycles. The lowest BCUT2D eigenvalue weighted by molar-refractivity contribution is -0.197. The summed E-state index contributed by atoms with van der Waals surface area (Å²) in [6.07, 6.45) is 0.895. The minimum Gasteiger partial charge on any atom is -0.466 e. The first-order valence-electron chi connectivity index (χ1n) is 8.11. The van der Waals surface area contributed by atoms with Gasteiger partial charge in [-0.05, 0) is 27.2 Å². The molecule has 0 unspecified atom stereocenters. The van der Waals surface area contributed by atoms with E-state index in [1.165, 1.54) is 0 Å². The Morgan fingerprint density at radius 1 is 1.08 bits per heavy atom. The fraction of sp³-hybridized carbons (Fsp3) is 0.750. The molecule has 1 aliphatic rings. The molecule has 0 aromatic rings. The van der Waals surface area contributed by atoms with Crippen molar-refractivity contribution >= 4 is 23.8 Å². The number of hydrogen-bond acceptors (Lipinski definition) is 7. The molecule has 8 nitrogen and oxygen atoms in total. The number of amides is 2. The number of nitrogens with zero attached hydrogens (tertiary/aromatic N) is 1. The SMILES string of the molecule is CCOC(C)(C)CCOC(=O)CCCC(=O)ON1C(=O)CCC1=O. The van der Waals surface area contributed by atoms with Gasteiger partial charge < -0.3 is 14.3 Å². The third-order valence-electron chi connectivity index (χ3n) is 3.46. The van der Waals surface area contributed by atoms with Crippen LogP contribution in [0, 0.1) is 0 Å². The van der Waals surface area contributed by atoms with Crippen molar-refractivity contribution in [2.45, 2.75) is 64.9 Å². The summed E-state index contributed by atoms with van der Waals surface area (Å²) in [5.74, 6) is -2.18. The van der Waals surface area contributed by atoms with Gasteiger partial charge in [0.2, 0.25) is 0 Å². The first kappa shape index (κ1) is 20.1. The molecule has 0 N–H and O–H groups in total. The summed E-state index contributed by atoms with van der Waals surface area (Å²) in [6, 6.07) is 0. The van der Waals surface area contributed by atoms with Gasteiger partial charge in [-0.1, -0.05) is 0 Å². The molecule has 0 aromatic carbocycles. The maximum absolute atomic E-state index is 11.6. The van der Waals surface area contributed by atoms with Crippen LogP contribution in [0.1, 0.15) is 59.3 Å². The minimum atomic E-state index is -0.719. The molecule has 0 radical (unpaired) electrons. The second kappa shape index (κ2) is 9.36. The van der Waals surface area contributed by atoms with Crippen molar-refractivity contribution in [3.8, 4) is 0 Å². The average Bonchev–Trinajstić information content (AvgIpc) is 2.79. The Balaban J connectivity index is 2.15. The third kappa shape index (κ3) is 7.08. The van der Waals surface area contributed by atoms with Crippen LogP contribution in [0.4, 0.5) is 0 Å². The van der Waals surface area contributed by atoms with Crippen LogP contribution in [0.2, 0.25) is 0 Å². The highest BCUT2D eigenvalue weighted by Crippen LogP contribution is 2.15. The number of imide groups is 1. The maximum Gasteiger partial charge on any atom is 0.333 e. The van der Waals surface area contributed by atoms with Gasteiger partial charge in [0.1, 0.15) is 0 Å². The Kier molecular flexibility index (Phi) is 7.84. The molecule has 8 heteroatoms. The molecule has 1 heterocycles. The van der Waals surface area contributed by atoms with Crippen LogP contribution >= 0.6 is 0 Å². The summed E-state index contributed by atoms with van der Waals surface area (Å²) in [4.78, 5) is 50.4. The standard InChI is InChI=1S/C16H25NO7/c1-4-23-16(2,3)10-11-22-14(20)6-5-7-15(21)24-17-12(18)8-9-13(17)19/h4-11H2,1-3H3. The van der Waals surface area contributed by atoms with Crippen molar-refractivity contribution in [2.24, 2.45) is 0 Å². The molecule has 1 rings (SSSR count). The molecule has 0 aliphatic carbocycles. The molecule has 0 bridgehead atoms. The molecule has 0 spiro atoms. The Morgan fingerprint density at radius 3 is 2.25 bits per heavy atom. The van der Waals surface area contributed by atoms with E-state index in [2.05, 4.69) is 0 Å². The highest BCUT2D eigenvalue weighted by atomic mass is 16.7. The van der Waals surface area contributed by atoms with E-state index in [-0.39, 0.29) is 44.3 Å². The molecule has 1 aliphatic heterocycles. The quantitative estimate of drug-likeness (QED) is 0.438. The molecule has 2 amide bonds. The number of carbonyl (C=O) groups is 4. The van der Waals surface area contributed by atoms with Gasteiger partial charge in [0.15, 0.2) is 0 Å². The Labute approximate surface area is 141 Å². The Hall–Kier alpha value is -1.96. The Morgan fingerprint density at radius 2 is 1.67 bits per heavy atom. The largest absolute Gasteiger partial charge is 0.466 e. The van der Waals surface area contributed by atoms with Crippen LogP contribution in [-0.2, 0) is 33.5 Å². The van der Waals surface area contributed by atoms with Crippen molar-refractivity contribution < 1.29 is 33.5 Å². The van der Waals surface area contributed by atoms with Gasteiger partial charge in [-0.2, -0.15) is 0 Å². The molecule has 136 valence electrons. The summed E-state index contributed by atoms with van der Waals surface area (Å²) in [7, 11) is 0. The monoisotopic (exact) mass is 343 g/mol. The van der Waals surface area contributed by atoms with Crippen molar-refractivity contribution in [1.29, 1.82) is 0 Å². The van der Waals surface area contributed by atoms with Gasteiger partial charge in [0.05, 0.1) is 12.2 Å². The topological polar surface area (TPSA) is 99.2 Å². The third-order valence-corrected chi connectivity index (χ3v) is 3.46. The zero-order chi connectivity index (χ0) is 18.2. The smallest absolute Gasteiger partial charge is 0.333 e. The van der Waals surface area contributed by atoms with Crippen molar-refractivity contribution in [3.63, 3.8) is 0 Å². The Bertz CT molecular complexity index is 471. The molecule has 0 atom stereocenters. The van der Waals surface area contributed by atoms with Crippen LogP contribution in [0.3, 0.4) is 0 Å². The van der Waals surface area contributed by atoms with Crippen molar-refractivity contribution in [1.82, 2.24) is 5.06 Å². The van der Waals surface area contributed by atoms with E-state index in [0.717, 1.165) is 0 Å². The first-order chi connectivity index (χ1) is 11.2. The average molecular weight is 343 g/mol. The van der Waals surface area contributed by atoms with Crippen molar-refractivity contribution in [3.05, 3.63) is 0 Å². The summed E-state index contributed by atoms with van der Waals surface area (Å²) in [6.45, 7) is 6.57. The van der Waals surface area contributed by atoms with Crippen LogP contribution < -0.4 is 0 Å². The van der Waals surface area contributed by atoms with Gasteiger partial charge in [-0.3, -0.25) is 14.4 Å². The molecule has 0 saturated carbocycles. The number of carbonyl (C=O) groups excluding carboxylic acids is 4. The van der Waals surface area contributed by atoms with E-state index >= 15 is 0 Å². The van der Waals surface area contributed by atoms with E-state index in [4.69, 9.17) is 14.3 Å².